The number of hydrogen-bond donors (Lipinski definition) is 1. The van der Waals surface area contributed by atoms with Crippen LogP contribution in [0.25, 0.3) is 0 Å². The summed E-state index contributed by atoms with van der Waals surface area (Å²) in [5, 5.41) is 0. The molecule has 0 N–H and O–H groups in total. The van der Waals surface area contributed by atoms with Crippen molar-refractivity contribution in [2.24, 2.45) is 11.3 Å². The maximum Gasteiger partial charge on any atom is 0.00783 e. The molecule has 1 rings (SSSR count). The highest BCUT2D eigenvalue weighted by atomic mass is 32.1. The first-order valence-corrected chi connectivity index (χ1v) is 5.98. The van der Waals surface area contributed by atoms with Gasteiger partial charge in [0.15, 0.2) is 0 Å². The number of rotatable bonds is 3. The fourth-order valence-electron chi connectivity index (χ4n) is 2.97. The molecule has 1 aliphatic rings. The molecule has 1 saturated carbocycles. The van der Waals surface area contributed by atoms with Gasteiger partial charge in [-0.2, -0.15) is 12.6 Å². The minimum Gasteiger partial charge on any atom is -0.173 e. The second-order valence-electron chi connectivity index (χ2n) is 5.96. The van der Waals surface area contributed by atoms with E-state index < -0.39 is 0 Å². The van der Waals surface area contributed by atoms with E-state index in [1.54, 1.807) is 0 Å². The lowest BCUT2D eigenvalue weighted by molar-refractivity contribution is 0.183. The van der Waals surface area contributed by atoms with Crippen molar-refractivity contribution < 1.29 is 0 Å². The van der Waals surface area contributed by atoms with Crippen LogP contribution in [0.15, 0.2) is 0 Å². The zero-order valence-corrected chi connectivity index (χ0v) is 10.5. The Bertz CT molecular complexity index is 158. The van der Waals surface area contributed by atoms with E-state index in [0.717, 1.165) is 5.92 Å². The molecule has 1 heteroatoms. The third-order valence-corrected chi connectivity index (χ3v) is 3.51. The quantitative estimate of drug-likeness (QED) is 0.645. The Hall–Kier alpha value is 0.350. The third kappa shape index (κ3) is 3.53. The van der Waals surface area contributed by atoms with Crippen LogP contribution in [0.5, 0.6) is 0 Å². The molecule has 0 bridgehead atoms. The third-order valence-electron chi connectivity index (χ3n) is 3.35. The maximum atomic E-state index is 4.64. The molecule has 78 valence electrons. The molecule has 0 aliphatic heterocycles. The van der Waals surface area contributed by atoms with Crippen LogP contribution < -0.4 is 0 Å². The zero-order valence-electron chi connectivity index (χ0n) is 9.56. The van der Waals surface area contributed by atoms with Crippen molar-refractivity contribution in [2.45, 2.75) is 64.5 Å². The Morgan fingerprint density at radius 1 is 1.08 bits per heavy atom. The highest BCUT2D eigenvalue weighted by Gasteiger charge is 2.35. The lowest BCUT2D eigenvalue weighted by Crippen LogP contribution is -2.29. The molecule has 0 aromatic heterocycles. The van der Waals surface area contributed by atoms with Gasteiger partial charge in [0.25, 0.3) is 0 Å². The first-order chi connectivity index (χ1) is 5.81. The zero-order chi connectivity index (χ0) is 10.1. The highest BCUT2D eigenvalue weighted by Crippen LogP contribution is 2.45. The monoisotopic (exact) mass is 200 g/mol. The standard InChI is InChI=1S/C12H24S/c1-11(2,9-12(3,4)13)10-7-5-6-8-10/h10,13H,5-9H2,1-4H3. The molecular formula is C12H24S. The van der Waals surface area contributed by atoms with Crippen molar-refractivity contribution in [1.82, 2.24) is 0 Å². The predicted octanol–water partition coefficient (Wildman–Crippen LogP) is 4.30. The molecule has 0 aromatic carbocycles. The van der Waals surface area contributed by atoms with E-state index in [0.29, 0.717) is 5.41 Å². The maximum absolute atomic E-state index is 4.64. The molecule has 1 aliphatic carbocycles. The summed E-state index contributed by atoms with van der Waals surface area (Å²) in [6.07, 6.45) is 7.00. The summed E-state index contributed by atoms with van der Waals surface area (Å²) < 4.78 is 0.187. The van der Waals surface area contributed by atoms with Crippen LogP contribution in [0.1, 0.15) is 59.8 Å². The molecule has 0 amide bonds. The van der Waals surface area contributed by atoms with Crippen molar-refractivity contribution in [2.75, 3.05) is 0 Å². The van der Waals surface area contributed by atoms with Crippen molar-refractivity contribution in [1.29, 1.82) is 0 Å². The normalized spacial score (nSPS) is 21.0. The number of hydrogen-bond acceptors (Lipinski definition) is 1. The van der Waals surface area contributed by atoms with Gasteiger partial charge in [-0.15, -0.1) is 0 Å². The molecule has 13 heavy (non-hydrogen) atoms. The van der Waals surface area contributed by atoms with Gasteiger partial charge in [-0.25, -0.2) is 0 Å². The van der Waals surface area contributed by atoms with E-state index in [-0.39, 0.29) is 4.75 Å². The van der Waals surface area contributed by atoms with Crippen LogP contribution in [0.3, 0.4) is 0 Å². The SMILES string of the molecule is CC(C)(S)CC(C)(C)C1CCCC1. The Labute approximate surface area is 88.9 Å². The van der Waals surface area contributed by atoms with Crippen LogP contribution in [-0.2, 0) is 0 Å². The van der Waals surface area contributed by atoms with Gasteiger partial charge < -0.3 is 0 Å². The van der Waals surface area contributed by atoms with E-state index in [1.165, 1.54) is 32.1 Å². The van der Waals surface area contributed by atoms with E-state index in [1.807, 2.05) is 0 Å². The van der Waals surface area contributed by atoms with Crippen molar-refractivity contribution >= 4 is 12.6 Å². The topological polar surface area (TPSA) is 0 Å². The summed E-state index contributed by atoms with van der Waals surface area (Å²) >= 11 is 4.64. The molecule has 0 spiro atoms. The summed E-state index contributed by atoms with van der Waals surface area (Å²) in [4.78, 5) is 0. The predicted molar refractivity (Wildman–Crippen MR) is 63.4 cm³/mol. The first kappa shape index (κ1) is 11.4. The molecule has 0 unspecified atom stereocenters. The minimum atomic E-state index is 0.187. The minimum absolute atomic E-state index is 0.187. The van der Waals surface area contributed by atoms with Crippen molar-refractivity contribution in [3.63, 3.8) is 0 Å². The Morgan fingerprint density at radius 3 is 1.92 bits per heavy atom. The van der Waals surface area contributed by atoms with Crippen LogP contribution in [-0.4, -0.2) is 4.75 Å². The second kappa shape index (κ2) is 3.84. The van der Waals surface area contributed by atoms with E-state index in [9.17, 15) is 0 Å². The van der Waals surface area contributed by atoms with Gasteiger partial charge in [0, 0.05) is 4.75 Å². The largest absolute Gasteiger partial charge is 0.173 e. The smallest absolute Gasteiger partial charge is 0.00783 e. The van der Waals surface area contributed by atoms with Crippen LogP contribution in [0, 0.1) is 11.3 Å². The Kier molecular flexibility index (Phi) is 3.38. The van der Waals surface area contributed by atoms with Crippen molar-refractivity contribution in [3.8, 4) is 0 Å². The van der Waals surface area contributed by atoms with Gasteiger partial charge in [0.05, 0.1) is 0 Å². The summed E-state index contributed by atoms with van der Waals surface area (Å²) in [6, 6.07) is 0. The Morgan fingerprint density at radius 2 is 1.54 bits per heavy atom. The number of thiol groups is 1. The van der Waals surface area contributed by atoms with Gasteiger partial charge in [0.1, 0.15) is 0 Å². The second-order valence-corrected chi connectivity index (χ2v) is 7.17. The summed E-state index contributed by atoms with van der Waals surface area (Å²) in [6.45, 7) is 9.29. The molecule has 0 heterocycles. The highest BCUT2D eigenvalue weighted by molar-refractivity contribution is 7.81. The van der Waals surface area contributed by atoms with Gasteiger partial charge in [-0.3, -0.25) is 0 Å². The summed E-state index contributed by atoms with van der Waals surface area (Å²) in [5.41, 5.74) is 0.488. The van der Waals surface area contributed by atoms with E-state index in [2.05, 4.69) is 40.3 Å². The lowest BCUT2D eigenvalue weighted by Gasteiger charge is -2.37. The van der Waals surface area contributed by atoms with Gasteiger partial charge >= 0.3 is 0 Å². The molecule has 0 radical (unpaired) electrons. The average molecular weight is 200 g/mol. The lowest BCUT2D eigenvalue weighted by atomic mass is 9.72. The van der Waals surface area contributed by atoms with E-state index in [4.69, 9.17) is 0 Å². The molecule has 0 atom stereocenters. The average Bonchev–Trinajstić information content (AvgIpc) is 2.29. The molecule has 1 fully saturated rings. The van der Waals surface area contributed by atoms with Gasteiger partial charge in [0.2, 0.25) is 0 Å². The van der Waals surface area contributed by atoms with Crippen LogP contribution in [0.4, 0.5) is 0 Å². The fraction of sp³-hybridized carbons (Fsp3) is 1.00. The molecule has 0 aromatic rings. The molecule has 0 nitrogen and oxygen atoms in total. The van der Waals surface area contributed by atoms with Crippen molar-refractivity contribution in [3.05, 3.63) is 0 Å². The van der Waals surface area contributed by atoms with E-state index >= 15 is 0 Å². The Balaban J connectivity index is 2.53. The summed E-state index contributed by atoms with van der Waals surface area (Å²) in [5.74, 6) is 0.943. The van der Waals surface area contributed by atoms with Crippen LogP contribution in [0.2, 0.25) is 0 Å². The first-order valence-electron chi connectivity index (χ1n) is 5.54. The summed E-state index contributed by atoms with van der Waals surface area (Å²) in [7, 11) is 0. The van der Waals surface area contributed by atoms with Gasteiger partial charge in [-0.05, 0) is 30.6 Å². The fourth-order valence-corrected chi connectivity index (χ4v) is 3.37. The van der Waals surface area contributed by atoms with Crippen LogP contribution >= 0.6 is 12.6 Å². The molecular weight excluding hydrogens is 176 g/mol. The molecule has 0 saturated heterocycles. The van der Waals surface area contributed by atoms with Gasteiger partial charge in [-0.1, -0.05) is 40.5 Å².